The smallest absolute Gasteiger partial charge is 0.284 e. The number of carbonyl (C=O) groups excluding carboxylic acids is 1. The van der Waals surface area contributed by atoms with Gasteiger partial charge in [0.15, 0.2) is 6.10 Å². The topological polar surface area (TPSA) is 88.1 Å². The molecule has 0 bridgehead atoms. The van der Waals surface area contributed by atoms with Gasteiger partial charge in [-0.1, -0.05) is 39.0 Å². The molecule has 32 heavy (non-hydrogen) atoms. The van der Waals surface area contributed by atoms with E-state index in [1.165, 1.54) is 12.1 Å². The first-order valence-corrected chi connectivity index (χ1v) is 12.1. The Labute approximate surface area is 190 Å². The van der Waals surface area contributed by atoms with E-state index in [4.69, 9.17) is 4.74 Å². The zero-order valence-corrected chi connectivity index (χ0v) is 20.1. The number of anilines is 1. The van der Waals surface area contributed by atoms with Gasteiger partial charge in [-0.25, -0.2) is 0 Å². The minimum Gasteiger partial charge on any atom is -0.481 e. The maximum atomic E-state index is 12.7. The van der Waals surface area contributed by atoms with E-state index in [0.717, 1.165) is 18.5 Å². The lowest BCUT2D eigenvalue weighted by Crippen LogP contribution is -2.30. The van der Waals surface area contributed by atoms with Gasteiger partial charge in [-0.2, -0.15) is 8.42 Å². The van der Waals surface area contributed by atoms with Gasteiger partial charge in [0.2, 0.25) is 0 Å². The predicted molar refractivity (Wildman–Crippen MR) is 127 cm³/mol. The van der Waals surface area contributed by atoms with E-state index in [1.54, 1.807) is 19.1 Å². The summed E-state index contributed by atoms with van der Waals surface area (Å²) >= 11 is 0. The minimum absolute atomic E-state index is 0.0343. The summed E-state index contributed by atoms with van der Waals surface area (Å²) in [4.78, 5) is 14.5. The van der Waals surface area contributed by atoms with Crippen LogP contribution in [0.15, 0.2) is 57.8 Å². The summed E-state index contributed by atoms with van der Waals surface area (Å²) in [5.41, 5.74) is 1.44. The molecule has 0 spiro atoms. The molecule has 0 aromatic heterocycles. The molecule has 1 aliphatic rings. The second kappa shape index (κ2) is 9.32. The second-order valence-corrected chi connectivity index (χ2v) is 10.7. The molecule has 1 saturated heterocycles. The molecular weight excluding hydrogens is 426 g/mol. The van der Waals surface area contributed by atoms with Crippen molar-refractivity contribution < 1.29 is 17.9 Å². The quantitative estimate of drug-likeness (QED) is 0.702. The van der Waals surface area contributed by atoms with Crippen molar-refractivity contribution in [3.63, 3.8) is 0 Å². The van der Waals surface area contributed by atoms with Crippen molar-refractivity contribution in [3.05, 3.63) is 54.1 Å². The van der Waals surface area contributed by atoms with Crippen LogP contribution in [-0.4, -0.2) is 44.8 Å². The highest BCUT2D eigenvalue weighted by Crippen LogP contribution is 2.26. The van der Waals surface area contributed by atoms with E-state index >= 15 is 0 Å². The third-order valence-electron chi connectivity index (χ3n) is 5.34. The molecule has 1 aliphatic heterocycles. The molecule has 1 atom stereocenters. The van der Waals surface area contributed by atoms with E-state index < -0.39 is 16.1 Å². The standard InChI is InChI=1S/C24H31N3O4S/c1-17(31-20-11-6-9-18(15-20)24(2,3)4)23(28)25-19-10-7-12-21(16-19)32(29,30)26-22-13-8-14-27(22)5/h6-7,9-12,15-17H,8,13-14H2,1-5H3,(H,25,28). The lowest BCUT2D eigenvalue weighted by atomic mass is 9.87. The Balaban J connectivity index is 1.71. The fraction of sp³-hybridized carbons (Fsp3) is 0.417. The summed E-state index contributed by atoms with van der Waals surface area (Å²) < 4.78 is 35.2. The van der Waals surface area contributed by atoms with Gasteiger partial charge in [0.25, 0.3) is 15.9 Å². The molecule has 1 unspecified atom stereocenters. The first kappa shape index (κ1) is 23.8. The highest BCUT2D eigenvalue weighted by Gasteiger charge is 2.22. The molecule has 1 N–H and O–H groups in total. The van der Waals surface area contributed by atoms with Crippen LogP contribution < -0.4 is 10.1 Å². The number of amidine groups is 1. The lowest BCUT2D eigenvalue weighted by Gasteiger charge is -2.21. The van der Waals surface area contributed by atoms with E-state index in [1.807, 2.05) is 36.2 Å². The van der Waals surface area contributed by atoms with Crippen LogP contribution in [0.25, 0.3) is 0 Å². The molecule has 1 fully saturated rings. The van der Waals surface area contributed by atoms with Gasteiger partial charge in [0, 0.05) is 25.7 Å². The van der Waals surface area contributed by atoms with Crippen LogP contribution in [0.3, 0.4) is 0 Å². The summed E-state index contributed by atoms with van der Waals surface area (Å²) in [6, 6.07) is 13.8. The SMILES string of the molecule is CC(Oc1cccc(C(C)(C)C)c1)C(=O)Nc1cccc(S(=O)(=O)N=C2CCCN2C)c1. The minimum atomic E-state index is -3.86. The number of rotatable bonds is 6. The molecule has 172 valence electrons. The predicted octanol–water partition coefficient (Wildman–Crippen LogP) is 4.20. The number of likely N-dealkylation sites (tertiary alicyclic amines) is 1. The number of amides is 1. The number of carbonyl (C=O) groups is 1. The summed E-state index contributed by atoms with van der Waals surface area (Å²) in [6.45, 7) is 8.78. The molecular formula is C24H31N3O4S. The maximum absolute atomic E-state index is 12.7. The molecule has 0 aliphatic carbocycles. The average Bonchev–Trinajstić information content (AvgIpc) is 3.11. The number of benzene rings is 2. The van der Waals surface area contributed by atoms with Gasteiger partial charge in [0.05, 0.1) is 4.90 Å². The van der Waals surface area contributed by atoms with Gasteiger partial charge >= 0.3 is 0 Å². The van der Waals surface area contributed by atoms with Crippen LogP contribution >= 0.6 is 0 Å². The van der Waals surface area contributed by atoms with Crippen LogP contribution in [0, 0.1) is 0 Å². The molecule has 3 rings (SSSR count). The van der Waals surface area contributed by atoms with Crippen LogP contribution in [-0.2, 0) is 20.2 Å². The van der Waals surface area contributed by atoms with Crippen molar-refractivity contribution in [2.75, 3.05) is 18.9 Å². The van der Waals surface area contributed by atoms with Crippen molar-refractivity contribution in [3.8, 4) is 5.75 Å². The second-order valence-electron chi connectivity index (χ2n) is 9.06. The summed E-state index contributed by atoms with van der Waals surface area (Å²) in [6.07, 6.45) is 0.757. The fourth-order valence-electron chi connectivity index (χ4n) is 3.37. The summed E-state index contributed by atoms with van der Waals surface area (Å²) in [5.74, 6) is 0.786. The van der Waals surface area contributed by atoms with E-state index in [9.17, 15) is 13.2 Å². The summed E-state index contributed by atoms with van der Waals surface area (Å²) in [7, 11) is -2.03. The third-order valence-corrected chi connectivity index (χ3v) is 6.64. The molecule has 2 aromatic rings. The zero-order chi connectivity index (χ0) is 23.5. The van der Waals surface area contributed by atoms with E-state index in [2.05, 4.69) is 30.5 Å². The Morgan fingerprint density at radius 3 is 2.53 bits per heavy atom. The Morgan fingerprint density at radius 2 is 1.88 bits per heavy atom. The molecule has 7 nitrogen and oxygen atoms in total. The highest BCUT2D eigenvalue weighted by atomic mass is 32.2. The lowest BCUT2D eigenvalue weighted by molar-refractivity contribution is -0.122. The fourth-order valence-corrected chi connectivity index (χ4v) is 4.51. The monoisotopic (exact) mass is 457 g/mol. The summed E-state index contributed by atoms with van der Waals surface area (Å²) in [5, 5.41) is 2.73. The number of nitrogens with zero attached hydrogens (tertiary/aromatic N) is 2. The highest BCUT2D eigenvalue weighted by molar-refractivity contribution is 7.90. The Bertz CT molecular complexity index is 1120. The molecule has 8 heteroatoms. The molecule has 0 radical (unpaired) electrons. The van der Waals surface area contributed by atoms with Crippen molar-refractivity contribution in [2.24, 2.45) is 4.40 Å². The van der Waals surface area contributed by atoms with Gasteiger partial charge in [-0.15, -0.1) is 4.40 Å². The van der Waals surface area contributed by atoms with Gasteiger partial charge in [0.1, 0.15) is 11.6 Å². The third kappa shape index (κ3) is 5.88. The molecule has 0 saturated carbocycles. The molecule has 1 amide bonds. The van der Waals surface area contributed by atoms with Crippen LogP contribution in [0.5, 0.6) is 5.75 Å². The van der Waals surface area contributed by atoms with E-state index in [-0.39, 0.29) is 16.2 Å². The first-order chi connectivity index (χ1) is 15.0. The number of hydrogen-bond acceptors (Lipinski definition) is 4. The van der Waals surface area contributed by atoms with Crippen molar-refractivity contribution in [2.45, 2.75) is 57.0 Å². The Hall–Kier alpha value is -2.87. The zero-order valence-electron chi connectivity index (χ0n) is 19.3. The largest absolute Gasteiger partial charge is 0.481 e. The Morgan fingerprint density at radius 1 is 1.16 bits per heavy atom. The van der Waals surface area contributed by atoms with E-state index in [0.29, 0.717) is 23.7 Å². The number of hydrogen-bond donors (Lipinski definition) is 1. The van der Waals surface area contributed by atoms with Crippen molar-refractivity contribution in [1.29, 1.82) is 0 Å². The Kier molecular flexibility index (Phi) is 6.93. The van der Waals surface area contributed by atoms with Crippen LogP contribution in [0.4, 0.5) is 5.69 Å². The number of ether oxygens (including phenoxy) is 1. The van der Waals surface area contributed by atoms with Gasteiger partial charge < -0.3 is 15.0 Å². The number of sulfonamides is 1. The van der Waals surface area contributed by atoms with Crippen LogP contribution in [0.1, 0.15) is 46.1 Å². The van der Waals surface area contributed by atoms with Crippen molar-refractivity contribution in [1.82, 2.24) is 4.90 Å². The number of nitrogens with one attached hydrogen (secondary N) is 1. The van der Waals surface area contributed by atoms with Gasteiger partial charge in [-0.3, -0.25) is 4.79 Å². The molecule has 1 heterocycles. The van der Waals surface area contributed by atoms with Crippen LogP contribution in [0.2, 0.25) is 0 Å². The van der Waals surface area contributed by atoms with Gasteiger partial charge in [-0.05, 0) is 54.7 Å². The van der Waals surface area contributed by atoms with Crippen molar-refractivity contribution >= 4 is 27.5 Å². The average molecular weight is 458 g/mol. The normalized spacial score (nSPS) is 16.8. The first-order valence-electron chi connectivity index (χ1n) is 10.7. The maximum Gasteiger partial charge on any atom is 0.284 e. The molecule has 2 aromatic carbocycles.